The van der Waals surface area contributed by atoms with Crippen LogP contribution in [0.1, 0.15) is 56.3 Å². The number of benzene rings is 4. The van der Waals surface area contributed by atoms with Gasteiger partial charge in [-0.2, -0.15) is 0 Å². The Morgan fingerprint density at radius 1 is 0.443 bits per heavy atom. The Bertz CT molecular complexity index is 5530. The number of nitrogens with one attached hydrogen (secondary N) is 3. The molecule has 3 fully saturated rings. The van der Waals surface area contributed by atoms with Crippen LogP contribution in [0.15, 0.2) is 190 Å². The highest BCUT2D eigenvalue weighted by atomic mass is 16.2. The highest BCUT2D eigenvalue weighted by Crippen LogP contribution is 2.37. The van der Waals surface area contributed by atoms with Crippen LogP contribution >= 0.6 is 0 Å². The fourth-order valence-electron chi connectivity index (χ4n) is 12.5. The lowest BCUT2D eigenvalue weighted by Crippen LogP contribution is -2.30. The van der Waals surface area contributed by atoms with Crippen LogP contribution in [0, 0.1) is 37.5 Å². The number of anilines is 9. The van der Waals surface area contributed by atoms with Crippen LogP contribution in [0.4, 0.5) is 52.4 Å². The number of aryl methyl sites for hydroxylation is 2. The van der Waals surface area contributed by atoms with Crippen molar-refractivity contribution in [3.8, 4) is 57.5 Å². The number of rotatable bonds is 13. The lowest BCUT2D eigenvalue weighted by molar-refractivity contribution is -0.125. The summed E-state index contributed by atoms with van der Waals surface area (Å²) in [5.74, 6) is 12.2. The van der Waals surface area contributed by atoms with Gasteiger partial charge in [0.25, 0.3) is 29.5 Å². The van der Waals surface area contributed by atoms with Gasteiger partial charge in [0.15, 0.2) is 0 Å². The Balaban J connectivity index is 0.000000141. The van der Waals surface area contributed by atoms with E-state index in [0.717, 1.165) is 33.5 Å². The molecule has 9 N–H and O–H groups in total. The van der Waals surface area contributed by atoms with Crippen molar-refractivity contribution in [2.24, 2.45) is 0 Å². The van der Waals surface area contributed by atoms with E-state index in [1.165, 1.54) is 6.08 Å². The SMILES string of the molecule is C=CC(=O)N1CCN(c2nc(-c3ccc(C(=O)Nc4ccccc4)c(C)c3)c3c(N)nccn23)C1.CC#CC(=O)N1CCN(c2nc(-c3ccc(NC(=O)c4ccccn4)c(C)c3)c3c(N)nccn23)C1.CC#CC(=O)N1CCN(c2nc(-c3ccc(NC(=O)c4ccccn4)cc3)c3c(N)nccn23)C1. The number of nitrogen functional groups attached to an aromatic ring is 3. The van der Waals surface area contributed by atoms with Gasteiger partial charge in [0.1, 0.15) is 62.5 Å². The summed E-state index contributed by atoms with van der Waals surface area (Å²) in [5.41, 5.74) is 30.2. The van der Waals surface area contributed by atoms with Crippen LogP contribution in [0.5, 0.6) is 0 Å². The molecule has 3 aliphatic rings. The first-order chi connectivity index (χ1) is 51.5. The maximum Gasteiger partial charge on any atom is 0.299 e. The number of aromatic nitrogens is 11. The summed E-state index contributed by atoms with van der Waals surface area (Å²) in [7, 11) is 0. The molecule has 530 valence electrons. The molecule has 6 amide bonds. The fraction of sp³-hybridized carbons (Fsp3) is 0.169. The molecule has 15 rings (SSSR count). The number of fused-ring (bicyclic) bond motifs is 3. The number of imidazole rings is 3. The van der Waals surface area contributed by atoms with Gasteiger partial charge in [-0.15, -0.1) is 0 Å². The number of carbonyl (C=O) groups excluding carboxylic acids is 6. The van der Waals surface area contributed by atoms with Crippen molar-refractivity contribution in [3.63, 3.8) is 0 Å². The molecule has 11 heterocycles. The van der Waals surface area contributed by atoms with Gasteiger partial charge in [-0.1, -0.05) is 73.0 Å². The lowest BCUT2D eigenvalue weighted by atomic mass is 10.0. The predicted molar refractivity (Wildman–Crippen MR) is 406 cm³/mol. The maximum absolute atomic E-state index is 12.8. The van der Waals surface area contributed by atoms with E-state index in [0.29, 0.717) is 157 Å². The van der Waals surface area contributed by atoms with Crippen molar-refractivity contribution in [3.05, 3.63) is 218 Å². The highest BCUT2D eigenvalue weighted by Gasteiger charge is 2.32. The number of pyridine rings is 2. The molecule has 0 radical (unpaired) electrons. The quantitative estimate of drug-likeness (QED) is 0.0468. The maximum atomic E-state index is 12.8. The molecule has 4 aromatic carbocycles. The molecular formula is C77H71N23O6. The summed E-state index contributed by atoms with van der Waals surface area (Å²) >= 11 is 0. The van der Waals surface area contributed by atoms with Gasteiger partial charge < -0.3 is 62.6 Å². The van der Waals surface area contributed by atoms with Crippen LogP contribution in [0.2, 0.25) is 0 Å². The first-order valence-corrected chi connectivity index (χ1v) is 33.6. The van der Waals surface area contributed by atoms with Gasteiger partial charge in [-0.3, -0.25) is 51.9 Å². The summed E-state index contributed by atoms with van der Waals surface area (Å²) in [5, 5.41) is 8.67. The topological polar surface area (TPSA) is 352 Å². The summed E-state index contributed by atoms with van der Waals surface area (Å²) < 4.78 is 5.67. The van der Waals surface area contributed by atoms with Crippen molar-refractivity contribution >= 4 is 104 Å². The standard InChI is InChI=1S/C26H24N8O2.C26H25N7O2.C25H22N8O2/c1-3-6-21(35)32-13-14-33(16-32)26-31-22(23-24(27)29-11-12-34(23)26)18-8-9-19(17(2)15-18)30-25(36)20-7-4-5-10-28-20;1-3-21(34)31-13-14-32(16-31)26-30-22(23-24(27)28-11-12-33(23)26)18-9-10-20(17(2)15-18)25(35)29-19-7-5-4-6-8-19;1-2-5-20(34)31-14-15-32(16-31)25-30-21(22-23(26)28-12-13-33(22)25)17-7-9-18(10-8-17)29-24(35)19-6-3-4-11-27-19/h4-5,7-12,15H,13-14,16H2,1-2H3,(H2,27,29)(H,30,36);3-12,15H,1,13-14,16H2,2H3,(H2,27,28)(H,29,35);3-4,6-13H,14-16H2,1H3,(H2,26,28)(H,29,35). The molecule has 0 atom stereocenters. The second-order valence-electron chi connectivity index (χ2n) is 24.6. The van der Waals surface area contributed by atoms with Crippen LogP contribution in [-0.4, -0.2) is 162 Å². The normalized spacial score (nSPS) is 13.1. The molecule has 0 saturated carbocycles. The Labute approximate surface area is 608 Å². The smallest absolute Gasteiger partial charge is 0.299 e. The number of nitrogens with two attached hydrogens (primary N) is 3. The molecule has 12 aromatic rings. The molecule has 0 unspecified atom stereocenters. The van der Waals surface area contributed by atoms with E-state index in [1.807, 2.05) is 127 Å². The minimum absolute atomic E-state index is 0.116. The predicted octanol–water partition coefficient (Wildman–Crippen LogP) is 8.15. The average molecular weight is 1410 g/mol. The van der Waals surface area contributed by atoms with Gasteiger partial charge in [-0.25, -0.2) is 29.9 Å². The van der Waals surface area contributed by atoms with Crippen LogP contribution in [-0.2, 0) is 14.4 Å². The van der Waals surface area contributed by atoms with E-state index < -0.39 is 0 Å². The summed E-state index contributed by atoms with van der Waals surface area (Å²) in [4.78, 5) is 121. The van der Waals surface area contributed by atoms with Crippen molar-refractivity contribution in [2.45, 2.75) is 27.7 Å². The number of hydrogen-bond donors (Lipinski definition) is 6. The minimum atomic E-state index is -0.289. The van der Waals surface area contributed by atoms with E-state index in [2.05, 4.69) is 71.1 Å². The molecule has 0 aliphatic carbocycles. The second-order valence-corrected chi connectivity index (χ2v) is 24.6. The van der Waals surface area contributed by atoms with E-state index in [1.54, 1.807) is 120 Å². The summed E-state index contributed by atoms with van der Waals surface area (Å²) in [6, 6.07) is 38.3. The van der Waals surface area contributed by atoms with Crippen molar-refractivity contribution in [2.75, 3.05) is 107 Å². The molecule has 0 spiro atoms. The van der Waals surface area contributed by atoms with E-state index in [9.17, 15) is 28.8 Å². The number of amides is 6. The fourth-order valence-corrected chi connectivity index (χ4v) is 12.5. The average Bonchev–Trinajstić information content (AvgIpc) is 1.62. The van der Waals surface area contributed by atoms with E-state index in [4.69, 9.17) is 32.2 Å². The third-order valence-electron chi connectivity index (χ3n) is 17.7. The number of nitrogens with zero attached hydrogens (tertiary/aromatic N) is 17. The molecule has 29 nitrogen and oxygen atoms in total. The van der Waals surface area contributed by atoms with Gasteiger partial charge in [0.05, 0.1) is 20.0 Å². The lowest BCUT2D eigenvalue weighted by Gasteiger charge is -2.17. The largest absolute Gasteiger partial charge is 0.382 e. The van der Waals surface area contributed by atoms with E-state index >= 15 is 0 Å². The van der Waals surface area contributed by atoms with Gasteiger partial charge in [0, 0.05) is 128 Å². The van der Waals surface area contributed by atoms with Crippen molar-refractivity contribution in [1.29, 1.82) is 0 Å². The molecule has 29 heteroatoms. The molecule has 8 aromatic heterocycles. The molecular weight excluding hydrogens is 1340 g/mol. The Morgan fingerprint density at radius 2 is 0.858 bits per heavy atom. The summed E-state index contributed by atoms with van der Waals surface area (Å²) in [6.45, 7) is 15.4. The third kappa shape index (κ3) is 14.7. The van der Waals surface area contributed by atoms with Gasteiger partial charge >= 0.3 is 0 Å². The Hall–Kier alpha value is -14.5. The Morgan fingerprint density at radius 3 is 1.31 bits per heavy atom. The zero-order valence-electron chi connectivity index (χ0n) is 58.2. The van der Waals surface area contributed by atoms with Crippen LogP contribution < -0.4 is 47.9 Å². The first-order valence-electron chi connectivity index (χ1n) is 33.6. The van der Waals surface area contributed by atoms with Gasteiger partial charge in [0.2, 0.25) is 23.8 Å². The van der Waals surface area contributed by atoms with Crippen molar-refractivity contribution in [1.82, 2.24) is 67.8 Å². The number of hydrogen-bond acceptors (Lipinski definition) is 20. The molecule has 0 bridgehead atoms. The molecule has 106 heavy (non-hydrogen) atoms. The minimum Gasteiger partial charge on any atom is -0.382 e. The number of para-hydroxylation sites is 1. The first kappa shape index (κ1) is 70.0. The zero-order valence-corrected chi connectivity index (χ0v) is 58.2. The zero-order chi connectivity index (χ0) is 74.1. The third-order valence-corrected chi connectivity index (χ3v) is 17.7. The van der Waals surface area contributed by atoms with Crippen molar-refractivity contribution < 1.29 is 28.8 Å². The molecule has 3 aliphatic heterocycles. The van der Waals surface area contributed by atoms with Crippen LogP contribution in [0.3, 0.4) is 0 Å². The van der Waals surface area contributed by atoms with Gasteiger partial charge in [-0.05, 0) is 130 Å². The van der Waals surface area contributed by atoms with E-state index in [-0.39, 0.29) is 35.4 Å². The summed E-state index contributed by atoms with van der Waals surface area (Å²) in [6.07, 6.45) is 14.8. The number of carbonyl (C=O) groups is 6. The molecule has 3 saturated heterocycles. The second kappa shape index (κ2) is 30.8. The Kier molecular flexibility index (Phi) is 20.3. The monoisotopic (exact) mass is 1410 g/mol. The highest BCUT2D eigenvalue weighted by molar-refractivity contribution is 6.06. The van der Waals surface area contributed by atoms with Crippen LogP contribution in [0.25, 0.3) is 50.3 Å².